The number of ether oxygens (including phenoxy) is 1. The molecule has 226 valence electrons. The maximum absolute atomic E-state index is 13.9. The van der Waals surface area contributed by atoms with Gasteiger partial charge in [-0.2, -0.15) is 13.2 Å². The Morgan fingerprint density at radius 2 is 1.90 bits per heavy atom. The molecule has 1 aromatic heterocycles. The van der Waals surface area contributed by atoms with Gasteiger partial charge in [-0.15, -0.1) is 0 Å². The number of rotatable bonds is 10. The number of hydrogen-bond acceptors (Lipinski definition) is 5. The number of pyridine rings is 1. The van der Waals surface area contributed by atoms with Crippen molar-refractivity contribution in [3.63, 3.8) is 0 Å². The van der Waals surface area contributed by atoms with Gasteiger partial charge in [-0.05, 0) is 74.8 Å². The van der Waals surface area contributed by atoms with Gasteiger partial charge in [0.05, 0.1) is 12.7 Å². The lowest BCUT2D eigenvalue weighted by Gasteiger charge is -2.38. The fraction of sp³-hybridized carbons (Fsp3) is 0.567. The maximum Gasteiger partial charge on any atom is 0.404 e. The number of nitrogens with zero attached hydrogens (tertiary/aromatic N) is 4. The van der Waals surface area contributed by atoms with Crippen LogP contribution in [-0.4, -0.2) is 79.7 Å². The molecular formula is C30H40ClF3N4O3. The zero-order chi connectivity index (χ0) is 30.5. The minimum Gasteiger partial charge on any atom is -0.497 e. The number of benzene rings is 1. The highest BCUT2D eigenvalue weighted by atomic mass is 35.5. The summed E-state index contributed by atoms with van der Waals surface area (Å²) < 4.78 is 46.8. The van der Waals surface area contributed by atoms with Gasteiger partial charge in [0.2, 0.25) is 5.91 Å². The second kappa shape index (κ2) is 13.8. The van der Waals surface area contributed by atoms with E-state index >= 15 is 0 Å². The van der Waals surface area contributed by atoms with Crippen molar-refractivity contribution in [3.05, 3.63) is 52.7 Å². The van der Waals surface area contributed by atoms with Gasteiger partial charge in [0.1, 0.15) is 16.7 Å². The quantitative estimate of drug-likeness (QED) is 0.303. The number of carbonyl (C=O) groups is 2. The molecule has 41 heavy (non-hydrogen) atoms. The van der Waals surface area contributed by atoms with Gasteiger partial charge in [-0.25, -0.2) is 4.98 Å². The second-order valence-electron chi connectivity index (χ2n) is 11.1. The average Bonchev–Trinajstić information content (AvgIpc) is 2.92. The Bertz CT molecular complexity index is 1210. The standard InChI is InChI=1S/C30H40ClF3N4O3/c1-19(2)37(5)28(39)24-12-13-25(35-27(24)31)38-16-14-21(20(3)18-38)10-8-15-36(4)29(40)26(30(32,33)34)22-9-7-11-23(17-22)41-6/h7,9,11-13,17,19-21,26H,8,10,14-16,18H2,1-6H3/t20?,21?,26-/m0/s1. The lowest BCUT2D eigenvalue weighted by atomic mass is 9.83. The molecule has 0 aliphatic carbocycles. The first-order valence-electron chi connectivity index (χ1n) is 13.9. The number of amides is 2. The molecule has 11 heteroatoms. The summed E-state index contributed by atoms with van der Waals surface area (Å²) in [6.07, 6.45) is -2.44. The van der Waals surface area contributed by atoms with Crippen molar-refractivity contribution in [2.45, 2.75) is 58.2 Å². The van der Waals surface area contributed by atoms with Gasteiger partial charge in [0, 0.05) is 39.8 Å². The first-order chi connectivity index (χ1) is 19.2. The third-order valence-corrected chi connectivity index (χ3v) is 8.30. The molecule has 2 aromatic rings. The molecule has 1 aromatic carbocycles. The highest BCUT2D eigenvalue weighted by Crippen LogP contribution is 2.38. The molecule has 2 unspecified atom stereocenters. The number of methoxy groups -OCH3 is 1. The van der Waals surface area contributed by atoms with E-state index in [2.05, 4.69) is 16.8 Å². The first kappa shape index (κ1) is 32.5. The van der Waals surface area contributed by atoms with Crippen LogP contribution in [-0.2, 0) is 4.79 Å². The third kappa shape index (κ3) is 8.05. The monoisotopic (exact) mass is 596 g/mol. The molecule has 0 spiro atoms. The fourth-order valence-electron chi connectivity index (χ4n) is 5.23. The number of carbonyl (C=O) groups excluding carboxylic acids is 2. The predicted octanol–water partition coefficient (Wildman–Crippen LogP) is 6.27. The minimum atomic E-state index is -4.72. The average molecular weight is 597 g/mol. The van der Waals surface area contributed by atoms with Crippen LogP contribution in [0.25, 0.3) is 0 Å². The Morgan fingerprint density at radius 3 is 2.49 bits per heavy atom. The number of aromatic nitrogens is 1. The SMILES string of the molecule is COc1cccc([C@@H](C(=O)N(C)CCCC2CCN(c3ccc(C(=O)N(C)C(C)C)c(Cl)n3)CC2C)C(F)(F)F)c1. The van der Waals surface area contributed by atoms with Crippen LogP contribution in [0.5, 0.6) is 5.75 Å². The molecule has 0 saturated carbocycles. The normalized spacial score (nSPS) is 18.3. The number of anilines is 1. The van der Waals surface area contributed by atoms with Crippen LogP contribution < -0.4 is 9.64 Å². The second-order valence-corrected chi connectivity index (χ2v) is 11.5. The van der Waals surface area contributed by atoms with E-state index < -0.39 is 18.0 Å². The van der Waals surface area contributed by atoms with Crippen LogP contribution in [0, 0.1) is 11.8 Å². The molecule has 0 N–H and O–H groups in total. The molecule has 0 bridgehead atoms. The largest absolute Gasteiger partial charge is 0.497 e. The fourth-order valence-corrected chi connectivity index (χ4v) is 5.46. The number of alkyl halides is 3. The summed E-state index contributed by atoms with van der Waals surface area (Å²) in [5.74, 6) is -1.74. The Hall–Kier alpha value is -3.01. The van der Waals surface area contributed by atoms with E-state index in [-0.39, 0.29) is 35.0 Å². The molecular weight excluding hydrogens is 557 g/mol. The van der Waals surface area contributed by atoms with E-state index in [1.54, 1.807) is 24.1 Å². The zero-order valence-electron chi connectivity index (χ0n) is 24.5. The number of halogens is 4. The van der Waals surface area contributed by atoms with Gasteiger partial charge in [0.25, 0.3) is 5.91 Å². The van der Waals surface area contributed by atoms with Gasteiger partial charge >= 0.3 is 6.18 Å². The van der Waals surface area contributed by atoms with Gasteiger partial charge in [-0.3, -0.25) is 9.59 Å². The lowest BCUT2D eigenvalue weighted by molar-refractivity contribution is -0.171. The number of hydrogen-bond donors (Lipinski definition) is 0. The van der Waals surface area contributed by atoms with E-state index in [0.717, 1.165) is 25.9 Å². The summed E-state index contributed by atoms with van der Waals surface area (Å²) in [6.45, 7) is 7.73. The van der Waals surface area contributed by atoms with Crippen LogP contribution in [0.1, 0.15) is 61.9 Å². The summed E-state index contributed by atoms with van der Waals surface area (Å²) in [5.41, 5.74) is 0.236. The van der Waals surface area contributed by atoms with Crippen molar-refractivity contribution < 1.29 is 27.5 Å². The maximum atomic E-state index is 13.9. The van der Waals surface area contributed by atoms with Crippen molar-refractivity contribution in [1.29, 1.82) is 0 Å². The van der Waals surface area contributed by atoms with Crippen molar-refractivity contribution in [3.8, 4) is 5.75 Å². The van der Waals surface area contributed by atoms with Crippen molar-refractivity contribution in [2.75, 3.05) is 45.7 Å². The first-order valence-corrected chi connectivity index (χ1v) is 14.3. The van der Waals surface area contributed by atoms with E-state index in [1.807, 2.05) is 19.9 Å². The van der Waals surface area contributed by atoms with E-state index in [1.165, 1.54) is 37.3 Å². The molecule has 1 fully saturated rings. The number of likely N-dealkylation sites (N-methyl/N-ethyl adjacent to an activating group) is 1. The molecule has 1 saturated heterocycles. The van der Waals surface area contributed by atoms with Gasteiger partial charge < -0.3 is 19.4 Å². The molecule has 3 atom stereocenters. The molecule has 1 aliphatic heterocycles. The highest BCUT2D eigenvalue weighted by Gasteiger charge is 2.47. The van der Waals surface area contributed by atoms with Crippen molar-refractivity contribution >= 4 is 29.2 Å². The zero-order valence-corrected chi connectivity index (χ0v) is 25.3. The van der Waals surface area contributed by atoms with Crippen LogP contribution in [0.2, 0.25) is 5.15 Å². The molecule has 3 rings (SSSR count). The summed E-state index contributed by atoms with van der Waals surface area (Å²) >= 11 is 6.39. The summed E-state index contributed by atoms with van der Waals surface area (Å²) in [5, 5.41) is 0.175. The Balaban J connectivity index is 1.56. The molecule has 7 nitrogen and oxygen atoms in total. The summed E-state index contributed by atoms with van der Waals surface area (Å²) in [6, 6.07) is 9.14. The van der Waals surface area contributed by atoms with Crippen molar-refractivity contribution in [1.82, 2.24) is 14.8 Å². The van der Waals surface area contributed by atoms with E-state index in [0.29, 0.717) is 29.6 Å². The lowest BCUT2D eigenvalue weighted by Crippen LogP contribution is -2.41. The molecule has 0 radical (unpaired) electrons. The Morgan fingerprint density at radius 1 is 1.20 bits per heavy atom. The van der Waals surface area contributed by atoms with Crippen LogP contribution in [0.15, 0.2) is 36.4 Å². The minimum absolute atomic E-state index is 0.0371. The van der Waals surface area contributed by atoms with Gasteiger partial charge in [0.15, 0.2) is 5.92 Å². The van der Waals surface area contributed by atoms with Crippen LogP contribution in [0.3, 0.4) is 0 Å². The van der Waals surface area contributed by atoms with Gasteiger partial charge in [-0.1, -0.05) is 30.7 Å². The molecule has 2 amide bonds. The van der Waals surface area contributed by atoms with Crippen molar-refractivity contribution in [2.24, 2.45) is 11.8 Å². The molecule has 1 aliphatic rings. The smallest absolute Gasteiger partial charge is 0.404 e. The van der Waals surface area contributed by atoms with Crippen LogP contribution >= 0.6 is 11.6 Å². The highest BCUT2D eigenvalue weighted by molar-refractivity contribution is 6.32. The topological polar surface area (TPSA) is 66.0 Å². The predicted molar refractivity (Wildman–Crippen MR) is 155 cm³/mol. The Labute approximate surface area is 245 Å². The summed E-state index contributed by atoms with van der Waals surface area (Å²) in [4.78, 5) is 35.0. The summed E-state index contributed by atoms with van der Waals surface area (Å²) in [7, 11) is 4.53. The number of piperidine rings is 1. The third-order valence-electron chi connectivity index (χ3n) is 8.01. The van der Waals surface area contributed by atoms with E-state index in [9.17, 15) is 22.8 Å². The van der Waals surface area contributed by atoms with Crippen LogP contribution in [0.4, 0.5) is 19.0 Å². The molecule has 2 heterocycles. The Kier molecular flexibility index (Phi) is 10.9. The van der Waals surface area contributed by atoms with E-state index in [4.69, 9.17) is 16.3 Å².